The van der Waals surface area contributed by atoms with Gasteiger partial charge in [-0.15, -0.1) is 0 Å². The number of rotatable bonds is 4. The van der Waals surface area contributed by atoms with E-state index in [1.807, 2.05) is 17.9 Å². The predicted molar refractivity (Wildman–Crippen MR) is 66.1 cm³/mol. The quantitative estimate of drug-likeness (QED) is 0.848. The molecule has 1 aromatic heterocycles. The molecule has 84 valence electrons. The monoisotopic (exact) mass is 215 g/mol. The molecule has 0 saturated carbocycles. The number of nitrogens with zero attached hydrogens (tertiary/aromatic N) is 2. The van der Waals surface area contributed by atoms with Crippen LogP contribution in [-0.4, -0.2) is 16.8 Å². The molecule has 1 heterocycles. The molecule has 3 heteroatoms. The van der Waals surface area contributed by atoms with Gasteiger partial charge >= 0.3 is 0 Å². The SMILES string of the molecule is CCn1cc(-c2cccc(CNC)c2)cn1. The lowest BCUT2D eigenvalue weighted by Gasteiger charge is -2.02. The molecular weight excluding hydrogens is 198 g/mol. The van der Waals surface area contributed by atoms with Crippen LogP contribution in [0.3, 0.4) is 0 Å². The Kier molecular flexibility index (Phi) is 3.37. The summed E-state index contributed by atoms with van der Waals surface area (Å²) in [5.41, 5.74) is 3.71. The van der Waals surface area contributed by atoms with Crippen LogP contribution in [0, 0.1) is 0 Å². The van der Waals surface area contributed by atoms with Crippen LogP contribution in [0.5, 0.6) is 0 Å². The van der Waals surface area contributed by atoms with Gasteiger partial charge in [-0.1, -0.05) is 18.2 Å². The summed E-state index contributed by atoms with van der Waals surface area (Å²) in [6.45, 7) is 3.90. The first-order valence-corrected chi connectivity index (χ1v) is 5.60. The fourth-order valence-electron chi connectivity index (χ4n) is 1.75. The summed E-state index contributed by atoms with van der Waals surface area (Å²) >= 11 is 0. The average Bonchev–Trinajstić information content (AvgIpc) is 2.78. The first kappa shape index (κ1) is 10.9. The van der Waals surface area contributed by atoms with Crippen LogP contribution in [-0.2, 0) is 13.1 Å². The number of benzene rings is 1. The molecule has 0 aliphatic heterocycles. The van der Waals surface area contributed by atoms with Crippen molar-refractivity contribution >= 4 is 0 Å². The minimum atomic E-state index is 0.899. The number of aromatic nitrogens is 2. The maximum atomic E-state index is 4.29. The smallest absolute Gasteiger partial charge is 0.0568 e. The van der Waals surface area contributed by atoms with Crippen molar-refractivity contribution in [2.75, 3.05) is 7.05 Å². The number of nitrogens with one attached hydrogen (secondary N) is 1. The summed E-state index contributed by atoms with van der Waals surface area (Å²) in [4.78, 5) is 0. The van der Waals surface area contributed by atoms with Crippen LogP contribution in [0.25, 0.3) is 11.1 Å². The fourth-order valence-corrected chi connectivity index (χ4v) is 1.75. The molecule has 2 aromatic rings. The maximum Gasteiger partial charge on any atom is 0.0568 e. The Labute approximate surface area is 96.1 Å². The third-order valence-electron chi connectivity index (χ3n) is 2.60. The van der Waals surface area contributed by atoms with E-state index in [0.29, 0.717) is 0 Å². The summed E-state index contributed by atoms with van der Waals surface area (Å²) in [5.74, 6) is 0. The standard InChI is InChI=1S/C13H17N3/c1-3-16-10-13(9-15-16)12-6-4-5-11(7-12)8-14-2/h4-7,9-10,14H,3,8H2,1-2H3. The first-order valence-electron chi connectivity index (χ1n) is 5.60. The van der Waals surface area contributed by atoms with E-state index in [1.165, 1.54) is 16.7 Å². The van der Waals surface area contributed by atoms with E-state index >= 15 is 0 Å². The molecule has 0 fully saturated rings. The maximum absolute atomic E-state index is 4.29. The van der Waals surface area contributed by atoms with Crippen molar-refractivity contribution in [3.05, 3.63) is 42.2 Å². The van der Waals surface area contributed by atoms with E-state index in [-0.39, 0.29) is 0 Å². The highest BCUT2D eigenvalue weighted by Gasteiger charge is 2.01. The number of hydrogen-bond donors (Lipinski definition) is 1. The van der Waals surface area contributed by atoms with Gasteiger partial charge in [-0.2, -0.15) is 5.10 Å². The lowest BCUT2D eigenvalue weighted by Crippen LogP contribution is -2.04. The van der Waals surface area contributed by atoms with Crippen molar-refractivity contribution in [1.29, 1.82) is 0 Å². The van der Waals surface area contributed by atoms with Crippen LogP contribution in [0.2, 0.25) is 0 Å². The summed E-state index contributed by atoms with van der Waals surface area (Å²) in [6, 6.07) is 8.54. The average molecular weight is 215 g/mol. The molecule has 1 N–H and O–H groups in total. The zero-order valence-corrected chi connectivity index (χ0v) is 9.77. The minimum Gasteiger partial charge on any atom is -0.316 e. The van der Waals surface area contributed by atoms with Crippen molar-refractivity contribution in [1.82, 2.24) is 15.1 Å². The van der Waals surface area contributed by atoms with Crippen molar-refractivity contribution in [3.63, 3.8) is 0 Å². The molecule has 0 atom stereocenters. The van der Waals surface area contributed by atoms with Gasteiger partial charge in [-0.3, -0.25) is 4.68 Å². The molecule has 1 aromatic carbocycles. The van der Waals surface area contributed by atoms with Gasteiger partial charge in [0.25, 0.3) is 0 Å². The van der Waals surface area contributed by atoms with Crippen molar-refractivity contribution in [3.8, 4) is 11.1 Å². The highest BCUT2D eigenvalue weighted by molar-refractivity contribution is 5.62. The summed E-state index contributed by atoms with van der Waals surface area (Å²) < 4.78 is 1.94. The van der Waals surface area contributed by atoms with Gasteiger partial charge in [-0.25, -0.2) is 0 Å². The van der Waals surface area contributed by atoms with E-state index in [0.717, 1.165) is 13.1 Å². The normalized spacial score (nSPS) is 10.6. The summed E-state index contributed by atoms with van der Waals surface area (Å²) in [6.07, 6.45) is 4.00. The molecule has 0 radical (unpaired) electrons. The summed E-state index contributed by atoms with van der Waals surface area (Å²) in [7, 11) is 1.96. The summed E-state index contributed by atoms with van der Waals surface area (Å²) in [5, 5.41) is 7.45. The highest BCUT2D eigenvalue weighted by Crippen LogP contribution is 2.19. The van der Waals surface area contributed by atoms with E-state index in [2.05, 4.69) is 47.8 Å². The number of hydrogen-bond acceptors (Lipinski definition) is 2. The van der Waals surface area contributed by atoms with Gasteiger partial charge in [-0.05, 0) is 31.2 Å². The molecule has 0 unspecified atom stereocenters. The van der Waals surface area contributed by atoms with Gasteiger partial charge in [0, 0.05) is 24.8 Å². The zero-order chi connectivity index (χ0) is 11.4. The van der Waals surface area contributed by atoms with Gasteiger partial charge in [0.05, 0.1) is 6.20 Å². The fraction of sp³-hybridized carbons (Fsp3) is 0.308. The minimum absolute atomic E-state index is 0.899. The van der Waals surface area contributed by atoms with Crippen LogP contribution >= 0.6 is 0 Å². The highest BCUT2D eigenvalue weighted by atomic mass is 15.3. The lowest BCUT2D eigenvalue weighted by molar-refractivity contribution is 0.660. The van der Waals surface area contributed by atoms with Crippen molar-refractivity contribution < 1.29 is 0 Å². The molecule has 0 spiro atoms. The third-order valence-corrected chi connectivity index (χ3v) is 2.60. The van der Waals surface area contributed by atoms with Crippen LogP contribution in [0.4, 0.5) is 0 Å². The van der Waals surface area contributed by atoms with Crippen LogP contribution in [0.1, 0.15) is 12.5 Å². The van der Waals surface area contributed by atoms with Gasteiger partial charge < -0.3 is 5.32 Å². The molecule has 0 saturated heterocycles. The Balaban J connectivity index is 2.28. The van der Waals surface area contributed by atoms with Crippen LogP contribution < -0.4 is 5.32 Å². The van der Waals surface area contributed by atoms with E-state index in [4.69, 9.17) is 0 Å². The van der Waals surface area contributed by atoms with Gasteiger partial charge in [0.15, 0.2) is 0 Å². The molecule has 2 rings (SSSR count). The van der Waals surface area contributed by atoms with E-state index in [9.17, 15) is 0 Å². The first-order chi connectivity index (χ1) is 7.83. The molecule has 0 amide bonds. The van der Waals surface area contributed by atoms with Crippen molar-refractivity contribution in [2.24, 2.45) is 0 Å². The Hall–Kier alpha value is -1.61. The Morgan fingerprint density at radius 3 is 2.88 bits per heavy atom. The molecule has 0 aliphatic rings. The third kappa shape index (κ3) is 2.31. The molecular formula is C13H17N3. The molecule has 3 nitrogen and oxygen atoms in total. The largest absolute Gasteiger partial charge is 0.316 e. The molecule has 0 aliphatic carbocycles. The molecule has 0 bridgehead atoms. The number of aryl methyl sites for hydroxylation is 1. The Morgan fingerprint density at radius 1 is 1.31 bits per heavy atom. The Morgan fingerprint density at radius 2 is 2.19 bits per heavy atom. The predicted octanol–water partition coefficient (Wildman–Crippen LogP) is 2.29. The van der Waals surface area contributed by atoms with Crippen molar-refractivity contribution in [2.45, 2.75) is 20.0 Å². The second kappa shape index (κ2) is 4.94. The molecule has 16 heavy (non-hydrogen) atoms. The second-order valence-electron chi connectivity index (χ2n) is 3.82. The topological polar surface area (TPSA) is 29.9 Å². The lowest BCUT2D eigenvalue weighted by atomic mass is 10.1. The van der Waals surface area contributed by atoms with E-state index < -0.39 is 0 Å². The van der Waals surface area contributed by atoms with Gasteiger partial charge in [0.2, 0.25) is 0 Å². The van der Waals surface area contributed by atoms with Crippen LogP contribution in [0.15, 0.2) is 36.7 Å². The second-order valence-corrected chi connectivity index (χ2v) is 3.82. The van der Waals surface area contributed by atoms with Gasteiger partial charge in [0.1, 0.15) is 0 Å². The van der Waals surface area contributed by atoms with E-state index in [1.54, 1.807) is 0 Å². The zero-order valence-electron chi connectivity index (χ0n) is 9.77. The Bertz CT molecular complexity index is 460.